The van der Waals surface area contributed by atoms with Gasteiger partial charge < -0.3 is 14.9 Å². The van der Waals surface area contributed by atoms with Crippen LogP contribution in [0.5, 0.6) is 0 Å². The zero-order valence-electron chi connectivity index (χ0n) is 19.1. The molecule has 1 aromatic heterocycles. The maximum Gasteiger partial charge on any atom is 0.155 e. The van der Waals surface area contributed by atoms with E-state index in [0.717, 1.165) is 36.6 Å². The van der Waals surface area contributed by atoms with Crippen LogP contribution >= 0.6 is 0 Å². The number of benzene rings is 1. The molecule has 1 saturated heterocycles. The molecular formula is C25H34N4O. The van der Waals surface area contributed by atoms with Crippen molar-refractivity contribution in [3.8, 4) is 0 Å². The van der Waals surface area contributed by atoms with Crippen LogP contribution in [-0.2, 0) is 5.60 Å². The van der Waals surface area contributed by atoms with E-state index in [-0.39, 0.29) is 10.8 Å². The highest BCUT2D eigenvalue weighted by Crippen LogP contribution is 2.50. The van der Waals surface area contributed by atoms with Crippen LogP contribution in [0.15, 0.2) is 48.8 Å². The second kappa shape index (κ2) is 7.17. The van der Waals surface area contributed by atoms with Gasteiger partial charge in [-0.1, -0.05) is 65.0 Å². The van der Waals surface area contributed by atoms with Crippen LogP contribution in [0.1, 0.15) is 57.2 Å². The van der Waals surface area contributed by atoms with Crippen molar-refractivity contribution < 1.29 is 5.11 Å². The lowest BCUT2D eigenvalue weighted by Gasteiger charge is -2.55. The second-order valence-corrected chi connectivity index (χ2v) is 10.5. The minimum absolute atomic E-state index is 0.101. The third kappa shape index (κ3) is 3.44. The van der Waals surface area contributed by atoms with Crippen LogP contribution in [0.25, 0.3) is 0 Å². The molecule has 1 N–H and O–H groups in total. The Balaban J connectivity index is 1.78. The zero-order valence-corrected chi connectivity index (χ0v) is 19.1. The Bertz CT molecular complexity index is 944. The number of nitrogens with zero attached hydrogens (tertiary/aromatic N) is 4. The Kier molecular flexibility index (Phi) is 5.02. The monoisotopic (exact) mass is 406 g/mol. The molecule has 2 aromatic rings. The Labute approximate surface area is 180 Å². The molecule has 0 amide bonds. The van der Waals surface area contributed by atoms with E-state index in [1.807, 2.05) is 6.07 Å². The average Bonchev–Trinajstić information content (AvgIpc) is 3.06. The van der Waals surface area contributed by atoms with Gasteiger partial charge in [0.05, 0.1) is 6.20 Å². The van der Waals surface area contributed by atoms with Crippen molar-refractivity contribution in [3.63, 3.8) is 0 Å². The SMILES string of the molecule is CC(C)c1ccc([C@](O)(c2cnnc(N3C=CC(C)(C)C3)c2)C2(C)CN(C)C2)cc1. The van der Waals surface area contributed by atoms with E-state index < -0.39 is 5.60 Å². The third-order valence-corrected chi connectivity index (χ3v) is 6.74. The molecule has 0 spiro atoms. The molecule has 160 valence electrons. The highest BCUT2D eigenvalue weighted by molar-refractivity contribution is 5.50. The molecule has 0 saturated carbocycles. The molecule has 5 heteroatoms. The van der Waals surface area contributed by atoms with Gasteiger partial charge in [0.1, 0.15) is 5.60 Å². The largest absolute Gasteiger partial charge is 0.380 e. The predicted octanol–water partition coefficient (Wildman–Crippen LogP) is 4.15. The molecule has 0 aliphatic carbocycles. The van der Waals surface area contributed by atoms with Crippen LogP contribution in [-0.4, -0.2) is 46.9 Å². The summed E-state index contributed by atoms with van der Waals surface area (Å²) in [5, 5.41) is 21.0. The van der Waals surface area contributed by atoms with Crippen LogP contribution < -0.4 is 4.90 Å². The fraction of sp³-hybridized carbons (Fsp3) is 0.520. The highest BCUT2D eigenvalue weighted by atomic mass is 16.3. The summed E-state index contributed by atoms with van der Waals surface area (Å²) >= 11 is 0. The molecule has 0 radical (unpaired) electrons. The number of aliphatic hydroxyl groups is 1. The van der Waals surface area contributed by atoms with Crippen LogP contribution in [0.4, 0.5) is 5.82 Å². The maximum atomic E-state index is 12.3. The average molecular weight is 407 g/mol. The summed E-state index contributed by atoms with van der Waals surface area (Å²) in [6, 6.07) is 10.4. The molecule has 4 rings (SSSR count). The molecule has 30 heavy (non-hydrogen) atoms. The lowest BCUT2D eigenvalue weighted by Crippen LogP contribution is -2.63. The van der Waals surface area contributed by atoms with Gasteiger partial charge in [0.25, 0.3) is 0 Å². The summed E-state index contributed by atoms with van der Waals surface area (Å²) < 4.78 is 0. The normalized spacial score (nSPS) is 22.2. The number of anilines is 1. The number of aromatic nitrogens is 2. The Morgan fingerprint density at radius 1 is 1.03 bits per heavy atom. The Hall–Kier alpha value is -2.24. The van der Waals surface area contributed by atoms with Crippen LogP contribution in [0, 0.1) is 10.8 Å². The fourth-order valence-corrected chi connectivity index (χ4v) is 5.03. The summed E-state index contributed by atoms with van der Waals surface area (Å²) in [4.78, 5) is 4.36. The first-order valence-corrected chi connectivity index (χ1v) is 10.8. The van der Waals surface area contributed by atoms with Crippen LogP contribution in [0.3, 0.4) is 0 Å². The molecule has 2 aliphatic rings. The van der Waals surface area contributed by atoms with E-state index >= 15 is 0 Å². The molecule has 5 nitrogen and oxygen atoms in total. The first-order chi connectivity index (χ1) is 14.0. The zero-order chi connectivity index (χ0) is 21.7. The van der Waals surface area contributed by atoms with E-state index in [9.17, 15) is 5.11 Å². The summed E-state index contributed by atoms with van der Waals surface area (Å²) in [5.74, 6) is 1.24. The van der Waals surface area contributed by atoms with E-state index in [1.54, 1.807) is 6.20 Å². The van der Waals surface area contributed by atoms with E-state index in [2.05, 4.69) is 98.2 Å². The van der Waals surface area contributed by atoms with Gasteiger partial charge >= 0.3 is 0 Å². The topological polar surface area (TPSA) is 52.5 Å². The number of hydrogen-bond acceptors (Lipinski definition) is 5. The van der Waals surface area contributed by atoms with Gasteiger partial charge in [-0.25, -0.2) is 0 Å². The summed E-state index contributed by atoms with van der Waals surface area (Å²) in [5.41, 5.74) is 1.65. The smallest absolute Gasteiger partial charge is 0.155 e. The standard InChI is InChI=1S/C25H34N4O/c1-18(2)19-7-9-20(10-8-19)25(30,24(5)16-28(6)17-24)21-13-22(27-26-14-21)29-12-11-23(3,4)15-29/h7-14,18,30H,15-17H2,1-6H3/t25-/m0/s1. The van der Waals surface area contributed by atoms with Crippen molar-refractivity contribution in [2.75, 3.05) is 31.6 Å². The Morgan fingerprint density at radius 3 is 2.23 bits per heavy atom. The van der Waals surface area contributed by atoms with Crippen molar-refractivity contribution in [3.05, 3.63) is 65.5 Å². The maximum absolute atomic E-state index is 12.3. The second-order valence-electron chi connectivity index (χ2n) is 10.5. The summed E-state index contributed by atoms with van der Waals surface area (Å²) in [6.07, 6.45) is 6.00. The predicted molar refractivity (Wildman–Crippen MR) is 121 cm³/mol. The molecule has 1 aromatic carbocycles. The van der Waals surface area contributed by atoms with Gasteiger partial charge in [-0.15, -0.1) is 5.10 Å². The number of hydrogen-bond donors (Lipinski definition) is 1. The quantitative estimate of drug-likeness (QED) is 0.808. The van der Waals surface area contributed by atoms with Crippen molar-refractivity contribution in [1.29, 1.82) is 0 Å². The van der Waals surface area contributed by atoms with E-state index in [1.165, 1.54) is 5.56 Å². The first kappa shape index (κ1) is 21.0. The van der Waals surface area contributed by atoms with Gasteiger partial charge in [0, 0.05) is 42.2 Å². The van der Waals surface area contributed by atoms with Gasteiger partial charge in [-0.2, -0.15) is 5.10 Å². The molecular weight excluding hydrogens is 372 g/mol. The third-order valence-electron chi connectivity index (χ3n) is 6.74. The summed E-state index contributed by atoms with van der Waals surface area (Å²) in [7, 11) is 2.09. The van der Waals surface area contributed by atoms with Gasteiger partial charge in [0.2, 0.25) is 0 Å². The van der Waals surface area contributed by atoms with E-state index in [0.29, 0.717) is 5.92 Å². The van der Waals surface area contributed by atoms with Crippen molar-refractivity contribution in [1.82, 2.24) is 15.1 Å². The summed E-state index contributed by atoms with van der Waals surface area (Å²) in [6.45, 7) is 13.5. The van der Waals surface area contributed by atoms with Crippen molar-refractivity contribution in [2.24, 2.45) is 10.8 Å². The molecule has 1 fully saturated rings. The number of rotatable bonds is 5. The lowest BCUT2D eigenvalue weighted by atomic mass is 9.62. The van der Waals surface area contributed by atoms with Crippen molar-refractivity contribution in [2.45, 2.75) is 46.1 Å². The number of likely N-dealkylation sites (tertiary alicyclic amines) is 1. The molecule has 0 unspecified atom stereocenters. The van der Waals surface area contributed by atoms with Crippen molar-refractivity contribution >= 4 is 5.82 Å². The van der Waals surface area contributed by atoms with Gasteiger partial charge in [0.15, 0.2) is 5.82 Å². The van der Waals surface area contributed by atoms with E-state index in [4.69, 9.17) is 0 Å². The minimum atomic E-state index is -1.14. The molecule has 2 aliphatic heterocycles. The van der Waals surface area contributed by atoms with Gasteiger partial charge in [-0.05, 0) is 30.2 Å². The minimum Gasteiger partial charge on any atom is -0.380 e. The lowest BCUT2D eigenvalue weighted by molar-refractivity contribution is -0.127. The van der Waals surface area contributed by atoms with Crippen LogP contribution in [0.2, 0.25) is 0 Å². The Morgan fingerprint density at radius 2 is 1.70 bits per heavy atom. The molecule has 0 bridgehead atoms. The highest BCUT2D eigenvalue weighted by Gasteiger charge is 2.55. The molecule has 1 atom stereocenters. The first-order valence-electron chi connectivity index (χ1n) is 10.8. The molecule has 3 heterocycles. The fourth-order valence-electron chi connectivity index (χ4n) is 5.03. The van der Waals surface area contributed by atoms with Gasteiger partial charge in [-0.3, -0.25) is 0 Å².